The van der Waals surface area contributed by atoms with E-state index in [4.69, 9.17) is 16.1 Å². The van der Waals surface area contributed by atoms with Crippen LogP contribution in [0.5, 0.6) is 0 Å². The zero-order valence-corrected chi connectivity index (χ0v) is 15.8. The average Bonchev–Trinajstić information content (AvgIpc) is 3.14. The van der Waals surface area contributed by atoms with Gasteiger partial charge < -0.3 is 9.26 Å². The lowest BCUT2D eigenvalue weighted by atomic mass is 9.50. The van der Waals surface area contributed by atoms with Crippen molar-refractivity contribution in [2.45, 2.75) is 58.4 Å². The molecule has 2 aliphatic carbocycles. The Labute approximate surface area is 152 Å². The largest absolute Gasteiger partial charge is 0.420 e. The highest BCUT2D eigenvalue weighted by Gasteiger charge is 2.61. The Kier molecular flexibility index (Phi) is 3.43. The van der Waals surface area contributed by atoms with E-state index in [1.807, 2.05) is 25.6 Å². The topological polar surface area (TPSA) is 78.2 Å². The zero-order valence-electron chi connectivity index (χ0n) is 15.8. The highest BCUT2D eigenvalue weighted by molar-refractivity contribution is 5.92. The quantitative estimate of drug-likeness (QED) is 0.737. The van der Waals surface area contributed by atoms with Gasteiger partial charge in [0.2, 0.25) is 11.7 Å². The maximum Gasteiger partial charge on any atom is 0.282 e. The summed E-state index contributed by atoms with van der Waals surface area (Å²) in [5.41, 5.74) is 2.11. The van der Waals surface area contributed by atoms with Gasteiger partial charge >= 0.3 is 0 Å². The number of hydrogen-bond acceptors (Lipinski definition) is 5. The molecule has 2 aliphatic rings. The highest BCUT2D eigenvalue weighted by atomic mass is 16.4. The number of hydrogen-bond donors (Lipinski definition) is 0. The van der Waals surface area contributed by atoms with E-state index < -0.39 is 11.5 Å². The van der Waals surface area contributed by atoms with Crippen molar-refractivity contribution < 1.29 is 9.21 Å². The molecule has 26 heavy (non-hydrogen) atoms. The number of aryl methyl sites for hydroxylation is 2. The van der Waals surface area contributed by atoms with Crippen LogP contribution in [0.4, 0.5) is 0 Å². The Hall–Kier alpha value is -2.49. The Morgan fingerprint density at radius 2 is 2.04 bits per heavy atom. The molecule has 0 amide bonds. The van der Waals surface area contributed by atoms with E-state index in [0.717, 1.165) is 29.8 Å². The van der Waals surface area contributed by atoms with Crippen molar-refractivity contribution in [2.75, 3.05) is 0 Å². The smallest absolute Gasteiger partial charge is 0.282 e. The molecule has 136 valence electrons. The molecule has 7 nitrogen and oxygen atoms in total. The van der Waals surface area contributed by atoms with Gasteiger partial charge in [0.15, 0.2) is 0 Å². The Morgan fingerprint density at radius 1 is 1.31 bits per heavy atom. The van der Waals surface area contributed by atoms with Crippen LogP contribution >= 0.6 is 0 Å². The first-order valence-electron chi connectivity index (χ1n) is 8.98. The summed E-state index contributed by atoms with van der Waals surface area (Å²) >= 11 is 0. The van der Waals surface area contributed by atoms with E-state index in [0.29, 0.717) is 18.2 Å². The number of Topliss-reactive ketones (excluding diaryl/α,β-unsaturated/α-hetero) is 1. The van der Waals surface area contributed by atoms with Crippen LogP contribution in [-0.4, -0.2) is 31.8 Å². The second-order valence-corrected chi connectivity index (χ2v) is 8.37. The minimum absolute atomic E-state index is 0.0714. The van der Waals surface area contributed by atoms with Gasteiger partial charge in [0, 0.05) is 36.8 Å². The summed E-state index contributed by atoms with van der Waals surface area (Å²) in [5.74, 6) is 1.24. The molecule has 2 aromatic rings. The van der Waals surface area contributed by atoms with Gasteiger partial charge in [0.1, 0.15) is 5.69 Å². The van der Waals surface area contributed by atoms with Crippen molar-refractivity contribution >= 4 is 5.78 Å². The van der Waals surface area contributed by atoms with Crippen molar-refractivity contribution in [2.24, 2.45) is 18.4 Å². The van der Waals surface area contributed by atoms with E-state index in [-0.39, 0.29) is 17.1 Å². The van der Waals surface area contributed by atoms with Gasteiger partial charge in [0.05, 0.1) is 5.69 Å². The first-order valence-corrected chi connectivity index (χ1v) is 8.98. The molecule has 4 rings (SSSR count). The maximum absolute atomic E-state index is 12.8. The third-order valence-corrected chi connectivity index (χ3v) is 6.45. The van der Waals surface area contributed by atoms with Crippen LogP contribution in [0.2, 0.25) is 0 Å². The van der Waals surface area contributed by atoms with Gasteiger partial charge in [-0.1, -0.05) is 20.8 Å². The van der Waals surface area contributed by atoms with Crippen LogP contribution in [0.25, 0.3) is 16.4 Å². The molecular weight excluding hydrogens is 330 g/mol. The monoisotopic (exact) mass is 353 g/mol. The zero-order chi connectivity index (χ0) is 18.9. The Balaban J connectivity index is 1.89. The van der Waals surface area contributed by atoms with E-state index in [1.165, 1.54) is 0 Å². The minimum atomic E-state index is -0.603. The van der Waals surface area contributed by atoms with Crippen LogP contribution in [0.1, 0.15) is 50.8 Å². The van der Waals surface area contributed by atoms with E-state index in [1.54, 1.807) is 6.92 Å². The molecule has 1 unspecified atom stereocenters. The molecule has 0 bridgehead atoms. The number of fused-ring (bicyclic) bond motifs is 3. The third kappa shape index (κ3) is 2.05. The lowest BCUT2D eigenvalue weighted by Gasteiger charge is -2.51. The third-order valence-electron chi connectivity index (χ3n) is 6.45. The predicted molar refractivity (Wildman–Crippen MR) is 94.2 cm³/mol. The SMILES string of the molecule is [C-]#[N+]C1C[C@]2(C)c3nn(C)c(-c4nnc(C)o4)c3CC[C@H]2C(C)(C)C1=O. The van der Waals surface area contributed by atoms with E-state index in [2.05, 4.69) is 22.0 Å². The van der Waals surface area contributed by atoms with E-state index >= 15 is 0 Å². The molecule has 0 aliphatic heterocycles. The minimum Gasteiger partial charge on any atom is -0.420 e. The van der Waals surface area contributed by atoms with Crippen molar-refractivity contribution in [1.29, 1.82) is 0 Å². The molecule has 0 N–H and O–H groups in total. The summed E-state index contributed by atoms with van der Waals surface area (Å²) in [7, 11) is 1.89. The summed E-state index contributed by atoms with van der Waals surface area (Å²) < 4.78 is 7.47. The standard InChI is InChI=1S/C19H23N5O2/c1-10-21-22-17(26-10)14-11-7-8-13-18(2,3)16(25)12(20-5)9-19(13,4)15(11)23-24(14)6/h12-13H,7-9H2,1-4,6H3/t12?,13-,19-/m0/s1. The number of carbonyl (C=O) groups is 1. The van der Waals surface area contributed by atoms with Crippen LogP contribution in [0.3, 0.4) is 0 Å². The molecule has 2 heterocycles. The highest BCUT2D eigenvalue weighted by Crippen LogP contribution is 2.56. The van der Waals surface area contributed by atoms with Gasteiger partial charge in [-0.3, -0.25) is 9.48 Å². The Bertz CT molecular complexity index is 948. The normalized spacial score (nSPS) is 29.8. The average molecular weight is 353 g/mol. The Morgan fingerprint density at radius 3 is 2.65 bits per heavy atom. The van der Waals surface area contributed by atoms with Crippen molar-refractivity contribution in [3.63, 3.8) is 0 Å². The van der Waals surface area contributed by atoms with Crippen molar-refractivity contribution in [1.82, 2.24) is 20.0 Å². The number of ketones is 1. The summed E-state index contributed by atoms with van der Waals surface area (Å²) in [5, 5.41) is 13.0. The van der Waals surface area contributed by atoms with Crippen LogP contribution in [-0.2, 0) is 23.7 Å². The molecule has 1 saturated carbocycles. The second kappa shape index (κ2) is 5.26. The number of aromatic nitrogens is 4. The molecule has 0 saturated heterocycles. The molecule has 3 atom stereocenters. The first kappa shape index (κ1) is 17.0. The van der Waals surface area contributed by atoms with Gasteiger partial charge in [0.25, 0.3) is 11.9 Å². The molecule has 0 spiro atoms. The lowest BCUT2D eigenvalue weighted by molar-refractivity contribution is -0.137. The van der Waals surface area contributed by atoms with Crippen LogP contribution in [0, 0.1) is 24.8 Å². The molecule has 0 radical (unpaired) electrons. The van der Waals surface area contributed by atoms with Gasteiger partial charge in [-0.25, -0.2) is 6.57 Å². The van der Waals surface area contributed by atoms with Gasteiger partial charge in [-0.2, -0.15) is 5.10 Å². The molecule has 0 aromatic carbocycles. The lowest BCUT2D eigenvalue weighted by Crippen LogP contribution is -2.56. The van der Waals surface area contributed by atoms with Gasteiger partial charge in [-0.15, -0.1) is 10.2 Å². The maximum atomic E-state index is 12.8. The molecule has 2 aromatic heterocycles. The van der Waals surface area contributed by atoms with Crippen molar-refractivity contribution in [3.8, 4) is 11.6 Å². The van der Waals surface area contributed by atoms with Crippen LogP contribution in [0.15, 0.2) is 4.42 Å². The fraction of sp³-hybridized carbons (Fsp3) is 0.632. The first-order chi connectivity index (χ1) is 12.2. The predicted octanol–water partition coefficient (Wildman–Crippen LogP) is 2.89. The second-order valence-electron chi connectivity index (χ2n) is 8.37. The van der Waals surface area contributed by atoms with Crippen molar-refractivity contribution in [3.05, 3.63) is 28.6 Å². The molecular formula is C19H23N5O2. The van der Waals surface area contributed by atoms with Crippen LogP contribution < -0.4 is 0 Å². The van der Waals surface area contributed by atoms with E-state index in [9.17, 15) is 4.79 Å². The summed E-state index contributed by atoms with van der Waals surface area (Å²) in [6.07, 6.45) is 2.23. The number of nitrogens with zero attached hydrogens (tertiary/aromatic N) is 5. The summed E-state index contributed by atoms with van der Waals surface area (Å²) in [6.45, 7) is 15.4. The number of carbonyl (C=O) groups excluding carboxylic acids is 1. The fourth-order valence-electron chi connectivity index (χ4n) is 5.29. The summed E-state index contributed by atoms with van der Waals surface area (Å²) in [6, 6.07) is -0.603. The number of rotatable bonds is 1. The molecule has 7 heteroatoms. The summed E-state index contributed by atoms with van der Waals surface area (Å²) in [4.78, 5) is 16.5. The van der Waals surface area contributed by atoms with Gasteiger partial charge in [-0.05, 0) is 18.8 Å². The fourth-order valence-corrected chi connectivity index (χ4v) is 5.29. The molecule has 1 fully saturated rings.